The lowest BCUT2D eigenvalue weighted by atomic mass is 9.76. The van der Waals surface area contributed by atoms with Gasteiger partial charge in [0.1, 0.15) is 21.6 Å². The van der Waals surface area contributed by atoms with Crippen LogP contribution in [0.5, 0.6) is 0 Å². The maximum Gasteiger partial charge on any atom is 0.277 e. The third-order valence-electron chi connectivity index (χ3n) is 6.18. The number of halogens is 2. The van der Waals surface area contributed by atoms with Crippen LogP contribution < -0.4 is 16.8 Å². The van der Waals surface area contributed by atoms with Gasteiger partial charge in [0.05, 0.1) is 24.1 Å². The Morgan fingerprint density at radius 3 is 2.69 bits per heavy atom. The SMILES string of the molecule is CCOCc1cc(F)c(-c2nc(C(=O)Nc3cnccc3[C@@H]3C[C@H](C)C[C@H](N)C3)c(N)s2)c(F)c1. The summed E-state index contributed by atoms with van der Waals surface area (Å²) in [4.78, 5) is 21.4. The van der Waals surface area contributed by atoms with Gasteiger partial charge >= 0.3 is 0 Å². The molecule has 35 heavy (non-hydrogen) atoms. The van der Waals surface area contributed by atoms with E-state index in [4.69, 9.17) is 16.2 Å². The molecule has 0 spiro atoms. The summed E-state index contributed by atoms with van der Waals surface area (Å²) in [5.74, 6) is -1.49. The molecule has 0 unspecified atom stereocenters. The normalized spacial score (nSPS) is 20.1. The van der Waals surface area contributed by atoms with Gasteiger partial charge in [0.2, 0.25) is 0 Å². The zero-order chi connectivity index (χ0) is 25.1. The fourth-order valence-corrected chi connectivity index (χ4v) is 5.57. The lowest BCUT2D eigenvalue weighted by Crippen LogP contribution is -2.31. The molecule has 4 rings (SSSR count). The van der Waals surface area contributed by atoms with E-state index < -0.39 is 17.5 Å². The van der Waals surface area contributed by atoms with Gasteiger partial charge in [-0.2, -0.15) is 0 Å². The summed E-state index contributed by atoms with van der Waals surface area (Å²) in [6, 6.07) is 4.38. The van der Waals surface area contributed by atoms with Crippen LogP contribution in [-0.2, 0) is 11.3 Å². The molecule has 1 aromatic carbocycles. The van der Waals surface area contributed by atoms with Gasteiger partial charge in [0.15, 0.2) is 5.69 Å². The van der Waals surface area contributed by atoms with E-state index in [0.29, 0.717) is 23.8 Å². The first-order chi connectivity index (χ1) is 16.8. The summed E-state index contributed by atoms with van der Waals surface area (Å²) in [6.07, 6.45) is 6.02. The highest BCUT2D eigenvalue weighted by Gasteiger charge is 2.28. The molecule has 3 atom stereocenters. The molecule has 1 aliphatic rings. The van der Waals surface area contributed by atoms with Crippen LogP contribution in [0.2, 0.25) is 0 Å². The summed E-state index contributed by atoms with van der Waals surface area (Å²) in [7, 11) is 0. The largest absolute Gasteiger partial charge is 0.389 e. The molecule has 1 amide bonds. The van der Waals surface area contributed by atoms with E-state index in [2.05, 4.69) is 22.2 Å². The van der Waals surface area contributed by atoms with Crippen molar-refractivity contribution in [2.45, 2.75) is 51.7 Å². The van der Waals surface area contributed by atoms with Crippen LogP contribution >= 0.6 is 11.3 Å². The number of carbonyl (C=O) groups excluding carboxylic acids is 1. The maximum absolute atomic E-state index is 14.7. The fourth-order valence-electron chi connectivity index (χ4n) is 4.69. The van der Waals surface area contributed by atoms with Crippen LogP contribution in [0, 0.1) is 17.6 Å². The molecule has 2 heterocycles. The van der Waals surface area contributed by atoms with Crippen LogP contribution in [0.3, 0.4) is 0 Å². The molecule has 3 aromatic rings. The summed E-state index contributed by atoms with van der Waals surface area (Å²) in [5.41, 5.74) is 13.7. The predicted octanol–water partition coefficient (Wildman–Crippen LogP) is 5.09. The van der Waals surface area contributed by atoms with E-state index in [9.17, 15) is 13.6 Å². The van der Waals surface area contributed by atoms with Gasteiger partial charge in [-0.15, -0.1) is 0 Å². The molecule has 186 valence electrons. The standard InChI is InChI=1S/C25H29F2N5O2S/c1-3-34-12-14-8-18(26)21(19(27)9-14)25-32-22(23(29)35-25)24(33)31-20-11-30-5-4-17(20)15-6-13(2)7-16(28)10-15/h4-5,8-9,11,13,15-16H,3,6-7,10,12,28-29H2,1-2H3,(H,31,33)/t13-,15+,16-/m0/s1. The van der Waals surface area contributed by atoms with E-state index in [0.717, 1.165) is 36.2 Å². The number of hydrogen-bond acceptors (Lipinski definition) is 7. The van der Waals surface area contributed by atoms with Crippen molar-refractivity contribution >= 4 is 27.9 Å². The van der Waals surface area contributed by atoms with Crippen LogP contribution in [0.15, 0.2) is 30.6 Å². The number of nitrogen functional groups attached to an aromatic ring is 1. The summed E-state index contributed by atoms with van der Waals surface area (Å²) in [6.45, 7) is 4.49. The molecule has 1 fully saturated rings. The average Bonchev–Trinajstić information content (AvgIpc) is 3.18. The second-order valence-corrected chi connectivity index (χ2v) is 10.0. The molecular formula is C25H29F2N5O2S. The first-order valence-electron chi connectivity index (χ1n) is 11.6. The van der Waals surface area contributed by atoms with Gasteiger partial charge in [-0.05, 0) is 67.3 Å². The number of carbonyl (C=O) groups is 1. The van der Waals surface area contributed by atoms with E-state index in [-0.39, 0.29) is 39.8 Å². The first-order valence-corrected chi connectivity index (χ1v) is 12.4. The monoisotopic (exact) mass is 501 g/mol. The predicted molar refractivity (Wildman–Crippen MR) is 133 cm³/mol. The van der Waals surface area contributed by atoms with Crippen molar-refractivity contribution in [3.63, 3.8) is 0 Å². The van der Waals surface area contributed by atoms with Crippen LogP contribution in [0.1, 0.15) is 60.6 Å². The fraction of sp³-hybridized carbons (Fsp3) is 0.400. The molecule has 0 bridgehead atoms. The lowest BCUT2D eigenvalue weighted by molar-refractivity contribution is 0.102. The first kappa shape index (κ1) is 25.2. The summed E-state index contributed by atoms with van der Waals surface area (Å²) >= 11 is 0.854. The van der Waals surface area contributed by atoms with Gasteiger partial charge in [0.25, 0.3) is 5.91 Å². The molecule has 1 aliphatic carbocycles. The number of nitrogens with two attached hydrogens (primary N) is 2. The lowest BCUT2D eigenvalue weighted by Gasteiger charge is -2.32. The molecule has 0 radical (unpaired) electrons. The van der Waals surface area contributed by atoms with E-state index >= 15 is 0 Å². The van der Waals surface area contributed by atoms with Gasteiger partial charge in [-0.25, -0.2) is 13.8 Å². The molecule has 2 aromatic heterocycles. The minimum Gasteiger partial charge on any atom is -0.389 e. The minimum atomic E-state index is -0.794. The topological polar surface area (TPSA) is 116 Å². The number of rotatable bonds is 7. The minimum absolute atomic E-state index is 0.0101. The van der Waals surface area contributed by atoms with Crippen molar-refractivity contribution in [3.8, 4) is 10.6 Å². The molecule has 5 N–H and O–H groups in total. The maximum atomic E-state index is 14.7. The van der Waals surface area contributed by atoms with Crippen LogP contribution in [0.25, 0.3) is 10.6 Å². The molecule has 1 saturated carbocycles. The quantitative estimate of drug-likeness (QED) is 0.416. The zero-order valence-corrected chi connectivity index (χ0v) is 20.5. The Hall–Kier alpha value is -2.95. The Bertz CT molecular complexity index is 1190. The number of pyridine rings is 1. The van der Waals surface area contributed by atoms with Crippen molar-refractivity contribution in [1.29, 1.82) is 0 Å². The van der Waals surface area contributed by atoms with E-state index in [1.165, 1.54) is 12.1 Å². The number of thiazole rings is 1. The van der Waals surface area contributed by atoms with Gasteiger partial charge in [-0.3, -0.25) is 9.78 Å². The molecule has 7 nitrogen and oxygen atoms in total. The Kier molecular flexibility index (Phi) is 7.73. The number of benzene rings is 1. The second-order valence-electron chi connectivity index (χ2n) is 8.99. The van der Waals surface area contributed by atoms with Crippen molar-refractivity contribution in [2.75, 3.05) is 17.7 Å². The molecule has 0 saturated heterocycles. The number of anilines is 2. The Morgan fingerprint density at radius 1 is 1.26 bits per heavy atom. The van der Waals surface area contributed by atoms with Crippen molar-refractivity contribution in [2.24, 2.45) is 11.7 Å². The number of nitrogens with one attached hydrogen (secondary N) is 1. The van der Waals surface area contributed by atoms with Crippen molar-refractivity contribution < 1.29 is 18.3 Å². The molecular weight excluding hydrogens is 472 g/mol. The van der Waals surface area contributed by atoms with E-state index in [1.54, 1.807) is 19.3 Å². The Balaban J connectivity index is 1.58. The van der Waals surface area contributed by atoms with Crippen LogP contribution in [-0.4, -0.2) is 28.5 Å². The highest BCUT2D eigenvalue weighted by Crippen LogP contribution is 2.39. The third kappa shape index (κ3) is 5.66. The van der Waals surface area contributed by atoms with Crippen LogP contribution in [0.4, 0.5) is 19.5 Å². The summed E-state index contributed by atoms with van der Waals surface area (Å²) < 4.78 is 34.7. The van der Waals surface area contributed by atoms with Crippen molar-refractivity contribution in [1.82, 2.24) is 9.97 Å². The Labute approximate surface area is 206 Å². The van der Waals surface area contributed by atoms with Gasteiger partial charge in [0, 0.05) is 18.8 Å². The number of aromatic nitrogens is 2. The number of amides is 1. The zero-order valence-electron chi connectivity index (χ0n) is 19.7. The molecule has 10 heteroatoms. The Morgan fingerprint density at radius 2 is 2.00 bits per heavy atom. The van der Waals surface area contributed by atoms with E-state index in [1.807, 2.05) is 6.07 Å². The highest BCUT2D eigenvalue weighted by molar-refractivity contribution is 7.19. The number of ether oxygens (including phenoxy) is 1. The number of nitrogens with zero attached hydrogens (tertiary/aromatic N) is 2. The highest BCUT2D eigenvalue weighted by atomic mass is 32.1. The van der Waals surface area contributed by atoms with Crippen molar-refractivity contribution in [3.05, 3.63) is 59.0 Å². The second kappa shape index (κ2) is 10.8. The molecule has 0 aliphatic heterocycles. The number of hydrogen-bond donors (Lipinski definition) is 3. The average molecular weight is 502 g/mol. The third-order valence-corrected chi connectivity index (χ3v) is 7.08. The van der Waals surface area contributed by atoms with Gasteiger partial charge < -0.3 is 21.5 Å². The summed E-state index contributed by atoms with van der Waals surface area (Å²) in [5, 5.41) is 2.89. The van der Waals surface area contributed by atoms with Gasteiger partial charge in [-0.1, -0.05) is 18.3 Å². The smallest absolute Gasteiger partial charge is 0.277 e.